The molecule has 32 heavy (non-hydrogen) atoms. The molecule has 4 aromatic rings. The highest BCUT2D eigenvalue weighted by molar-refractivity contribution is 6.01. The normalized spacial score (nSPS) is 12.8. The number of nitrogens with zero attached hydrogens (tertiary/aromatic N) is 5. The van der Waals surface area contributed by atoms with E-state index in [0.29, 0.717) is 12.2 Å². The zero-order chi connectivity index (χ0) is 22.5. The van der Waals surface area contributed by atoms with Crippen LogP contribution in [0, 0.1) is 17.2 Å². The zero-order valence-corrected chi connectivity index (χ0v) is 18.2. The van der Waals surface area contributed by atoms with Crippen LogP contribution in [0.25, 0.3) is 32.8 Å². The van der Waals surface area contributed by atoms with Gasteiger partial charge in [0.05, 0.1) is 11.6 Å². The molecule has 0 saturated carbocycles. The summed E-state index contributed by atoms with van der Waals surface area (Å²) in [5, 5.41) is 12.1. The number of hydrogen-bond acceptors (Lipinski definition) is 5. The lowest BCUT2D eigenvalue weighted by Gasteiger charge is -2.09. The molecule has 5 heteroatoms. The van der Waals surface area contributed by atoms with E-state index >= 15 is 0 Å². The van der Waals surface area contributed by atoms with Gasteiger partial charge in [-0.25, -0.2) is 15.0 Å². The molecular formula is C27H23N5. The quantitative estimate of drug-likeness (QED) is 0.262. The standard InChI is InChI=1S/C27H23N5/c1-18(2)20(12-13-28)9-8-19(3)32-27-24-14-21(10-11-26(24)30-17-31-27)25-16-29-15-22-6-4-5-7-23(22)25/h4-11,14-17,20H,1,12H2,2-3H3/b9-8-,32-19?. The number of benzene rings is 2. The van der Waals surface area contributed by atoms with Gasteiger partial charge in [-0.05, 0) is 43.0 Å². The average Bonchev–Trinajstić information content (AvgIpc) is 2.81. The van der Waals surface area contributed by atoms with Crippen molar-refractivity contribution < 1.29 is 0 Å². The van der Waals surface area contributed by atoms with Gasteiger partial charge >= 0.3 is 0 Å². The molecule has 1 atom stereocenters. The first-order chi connectivity index (χ1) is 15.6. The van der Waals surface area contributed by atoms with Crippen molar-refractivity contribution in [2.45, 2.75) is 20.3 Å². The Morgan fingerprint density at radius 1 is 1.12 bits per heavy atom. The Hall–Kier alpha value is -4.17. The van der Waals surface area contributed by atoms with Crippen LogP contribution in [0.4, 0.5) is 5.82 Å². The maximum atomic E-state index is 9.01. The number of aliphatic imine (C=N–C) groups is 1. The van der Waals surface area contributed by atoms with Crippen LogP contribution in [0.15, 0.2) is 90.5 Å². The van der Waals surface area contributed by atoms with Gasteiger partial charge in [-0.2, -0.15) is 5.26 Å². The Morgan fingerprint density at radius 3 is 2.78 bits per heavy atom. The van der Waals surface area contributed by atoms with Crippen molar-refractivity contribution in [2.75, 3.05) is 0 Å². The summed E-state index contributed by atoms with van der Waals surface area (Å²) in [4.78, 5) is 18.0. The molecule has 4 rings (SSSR count). The first-order valence-corrected chi connectivity index (χ1v) is 10.4. The number of nitriles is 1. The number of aromatic nitrogens is 3. The molecule has 0 aliphatic heterocycles. The van der Waals surface area contributed by atoms with Crippen LogP contribution in [0.2, 0.25) is 0 Å². The maximum Gasteiger partial charge on any atom is 0.163 e. The lowest BCUT2D eigenvalue weighted by Crippen LogP contribution is -1.97. The predicted octanol–water partition coefficient (Wildman–Crippen LogP) is 6.60. The highest BCUT2D eigenvalue weighted by Gasteiger charge is 2.09. The largest absolute Gasteiger partial charge is 0.263 e. The highest BCUT2D eigenvalue weighted by atomic mass is 15.0. The number of hydrogen-bond donors (Lipinski definition) is 0. The predicted molar refractivity (Wildman–Crippen MR) is 131 cm³/mol. The summed E-state index contributed by atoms with van der Waals surface area (Å²) in [6.07, 6.45) is 9.59. The van der Waals surface area contributed by atoms with Crippen molar-refractivity contribution in [1.82, 2.24) is 15.0 Å². The number of fused-ring (bicyclic) bond motifs is 2. The Bertz CT molecular complexity index is 1400. The molecule has 0 amide bonds. The van der Waals surface area contributed by atoms with Gasteiger partial charge in [0.1, 0.15) is 6.33 Å². The van der Waals surface area contributed by atoms with E-state index in [0.717, 1.165) is 44.1 Å². The molecular weight excluding hydrogens is 394 g/mol. The molecule has 2 aromatic heterocycles. The Labute approximate surface area is 187 Å². The van der Waals surface area contributed by atoms with E-state index in [1.165, 1.54) is 6.33 Å². The van der Waals surface area contributed by atoms with E-state index < -0.39 is 0 Å². The highest BCUT2D eigenvalue weighted by Crippen LogP contribution is 2.32. The van der Waals surface area contributed by atoms with Gasteiger partial charge in [0.2, 0.25) is 0 Å². The van der Waals surface area contributed by atoms with E-state index in [1.54, 1.807) is 0 Å². The van der Waals surface area contributed by atoms with Gasteiger partial charge in [-0.3, -0.25) is 4.98 Å². The second kappa shape index (κ2) is 9.32. The van der Waals surface area contributed by atoms with Crippen LogP contribution in [0.3, 0.4) is 0 Å². The van der Waals surface area contributed by atoms with Crippen LogP contribution in [0.1, 0.15) is 20.3 Å². The van der Waals surface area contributed by atoms with E-state index in [2.05, 4.69) is 51.9 Å². The molecule has 156 valence electrons. The molecule has 2 heterocycles. The van der Waals surface area contributed by atoms with Gasteiger partial charge < -0.3 is 0 Å². The van der Waals surface area contributed by atoms with Crippen LogP contribution >= 0.6 is 0 Å². The average molecular weight is 418 g/mol. The topological polar surface area (TPSA) is 74.8 Å². The number of pyridine rings is 1. The number of allylic oxidation sites excluding steroid dienone is 3. The van der Waals surface area contributed by atoms with Gasteiger partial charge in [0, 0.05) is 46.8 Å². The molecule has 2 aromatic carbocycles. The SMILES string of the molecule is C=C(C)C(/C=C\C(C)=Nc1ncnc2ccc(-c3cncc4ccccc34)cc12)CC#N. The number of rotatable bonds is 6. The molecule has 0 radical (unpaired) electrons. The Kier molecular flexibility index (Phi) is 6.14. The first-order valence-electron chi connectivity index (χ1n) is 10.4. The van der Waals surface area contributed by atoms with E-state index in [4.69, 9.17) is 10.3 Å². The van der Waals surface area contributed by atoms with Gasteiger partial charge in [-0.15, -0.1) is 0 Å². The first kappa shape index (κ1) is 21.1. The molecule has 0 aliphatic carbocycles. The summed E-state index contributed by atoms with van der Waals surface area (Å²) >= 11 is 0. The van der Waals surface area contributed by atoms with Crippen LogP contribution in [-0.4, -0.2) is 20.7 Å². The third-order valence-electron chi connectivity index (χ3n) is 5.39. The van der Waals surface area contributed by atoms with E-state index in [1.807, 2.05) is 56.6 Å². The fourth-order valence-corrected chi connectivity index (χ4v) is 3.61. The van der Waals surface area contributed by atoms with Gasteiger partial charge in [0.25, 0.3) is 0 Å². The fourth-order valence-electron chi connectivity index (χ4n) is 3.61. The second-order valence-corrected chi connectivity index (χ2v) is 7.76. The van der Waals surface area contributed by atoms with Gasteiger partial charge in [0.15, 0.2) is 5.82 Å². The fraction of sp³-hybridized carbons (Fsp3) is 0.148. The smallest absolute Gasteiger partial charge is 0.163 e. The molecule has 0 saturated heterocycles. The summed E-state index contributed by atoms with van der Waals surface area (Å²) < 4.78 is 0. The van der Waals surface area contributed by atoms with Crippen molar-refractivity contribution in [2.24, 2.45) is 10.9 Å². The monoisotopic (exact) mass is 417 g/mol. The van der Waals surface area contributed by atoms with Crippen molar-refractivity contribution in [3.05, 3.63) is 85.5 Å². The lowest BCUT2D eigenvalue weighted by molar-refractivity contribution is 0.788. The molecule has 0 spiro atoms. The zero-order valence-electron chi connectivity index (χ0n) is 18.2. The maximum absolute atomic E-state index is 9.01. The van der Waals surface area contributed by atoms with Crippen LogP contribution in [-0.2, 0) is 0 Å². The minimum atomic E-state index is 0.0118. The third kappa shape index (κ3) is 4.45. The van der Waals surface area contributed by atoms with Crippen LogP contribution < -0.4 is 0 Å². The van der Waals surface area contributed by atoms with E-state index in [-0.39, 0.29) is 5.92 Å². The minimum Gasteiger partial charge on any atom is -0.263 e. The molecule has 0 N–H and O–H groups in total. The summed E-state index contributed by atoms with van der Waals surface area (Å²) in [5.74, 6) is 0.622. The lowest BCUT2D eigenvalue weighted by atomic mass is 9.98. The summed E-state index contributed by atoms with van der Waals surface area (Å²) in [6, 6.07) is 16.5. The molecule has 0 fully saturated rings. The third-order valence-corrected chi connectivity index (χ3v) is 5.39. The Balaban J connectivity index is 1.76. The summed E-state index contributed by atoms with van der Waals surface area (Å²) in [5.41, 5.74) is 4.68. The molecule has 0 aliphatic rings. The van der Waals surface area contributed by atoms with Crippen LogP contribution in [0.5, 0.6) is 0 Å². The Morgan fingerprint density at radius 2 is 1.97 bits per heavy atom. The molecule has 5 nitrogen and oxygen atoms in total. The minimum absolute atomic E-state index is 0.0118. The van der Waals surface area contributed by atoms with Crippen molar-refractivity contribution in [3.63, 3.8) is 0 Å². The molecule has 1 unspecified atom stereocenters. The summed E-state index contributed by atoms with van der Waals surface area (Å²) in [7, 11) is 0. The van der Waals surface area contributed by atoms with Crippen molar-refractivity contribution in [1.29, 1.82) is 5.26 Å². The summed E-state index contributed by atoms with van der Waals surface area (Å²) in [6.45, 7) is 7.82. The van der Waals surface area contributed by atoms with Crippen molar-refractivity contribution in [3.8, 4) is 17.2 Å². The van der Waals surface area contributed by atoms with Crippen molar-refractivity contribution >= 4 is 33.2 Å². The van der Waals surface area contributed by atoms with Gasteiger partial charge in [-0.1, -0.05) is 48.6 Å². The second-order valence-electron chi connectivity index (χ2n) is 7.76. The van der Waals surface area contributed by atoms with E-state index in [9.17, 15) is 0 Å². The molecule has 0 bridgehead atoms.